The third-order valence-electron chi connectivity index (χ3n) is 5.74. The lowest BCUT2D eigenvalue weighted by Crippen LogP contribution is -2.45. The number of nitrogens with two attached hydrogens (primary N) is 1. The number of rotatable bonds is 4. The van der Waals surface area contributed by atoms with E-state index < -0.39 is 19.8 Å². The number of ether oxygens (including phenoxy) is 1. The summed E-state index contributed by atoms with van der Waals surface area (Å²) in [6.45, 7) is 17.1. The minimum Gasteiger partial charge on any atom is -0.444 e. The molecule has 1 aromatic carbocycles. The van der Waals surface area contributed by atoms with Gasteiger partial charge in [0.2, 0.25) is 5.91 Å². The Morgan fingerprint density at radius 2 is 1.62 bits per heavy atom. The maximum Gasteiger partial charge on any atom is 0.410 e. The molecule has 2 atom stereocenters. The van der Waals surface area contributed by atoms with Gasteiger partial charge >= 0.3 is 6.09 Å². The van der Waals surface area contributed by atoms with Crippen molar-refractivity contribution >= 4 is 20.3 Å². The lowest BCUT2D eigenvalue weighted by atomic mass is 10.0. The molecule has 7 heteroatoms. The molecule has 1 aliphatic rings. The molecular weight excluding hydrogens is 384 g/mol. The van der Waals surface area contributed by atoms with Crippen LogP contribution in [0.15, 0.2) is 24.3 Å². The summed E-state index contributed by atoms with van der Waals surface area (Å²) in [6, 6.07) is 6.95. The van der Waals surface area contributed by atoms with Crippen molar-refractivity contribution in [3.63, 3.8) is 0 Å². The summed E-state index contributed by atoms with van der Waals surface area (Å²) in [7, 11) is -1.98. The van der Waals surface area contributed by atoms with E-state index in [1.54, 1.807) is 17.0 Å². The van der Waals surface area contributed by atoms with Gasteiger partial charge in [-0.2, -0.15) is 0 Å². The molecule has 0 radical (unpaired) electrons. The third-order valence-corrected chi connectivity index (χ3v) is 10.3. The maximum atomic E-state index is 12.9. The summed E-state index contributed by atoms with van der Waals surface area (Å²) in [4.78, 5) is 26.1. The van der Waals surface area contributed by atoms with Crippen LogP contribution in [0, 0.1) is 0 Å². The van der Waals surface area contributed by atoms with Crippen LogP contribution in [0.2, 0.25) is 18.1 Å². The number of benzene rings is 1. The van der Waals surface area contributed by atoms with E-state index in [1.807, 2.05) is 32.9 Å². The predicted molar refractivity (Wildman–Crippen MR) is 117 cm³/mol. The van der Waals surface area contributed by atoms with Gasteiger partial charge in [0.1, 0.15) is 5.60 Å². The van der Waals surface area contributed by atoms with E-state index in [0.717, 1.165) is 5.56 Å². The van der Waals surface area contributed by atoms with E-state index in [2.05, 4.69) is 33.9 Å². The van der Waals surface area contributed by atoms with Crippen LogP contribution in [-0.2, 0) is 9.16 Å². The lowest BCUT2D eigenvalue weighted by Gasteiger charge is -2.38. The summed E-state index contributed by atoms with van der Waals surface area (Å²) < 4.78 is 12.3. The smallest absolute Gasteiger partial charge is 0.410 e. The fraction of sp³-hybridized carbons (Fsp3) is 0.636. The Bertz CT molecular complexity index is 748. The first-order valence-electron chi connectivity index (χ1n) is 10.2. The monoisotopic (exact) mass is 420 g/mol. The number of nitrogens with zero attached hydrogens (tertiary/aromatic N) is 1. The molecule has 0 saturated carbocycles. The standard InChI is InChI=1S/C22H36N2O4Si/c1-21(2,3)27-20(26)24-14-17(28-29(7,8)22(4,5)6)13-18(24)15-9-11-16(12-10-15)19(23)25/h9-12,17-18H,13-14H2,1-8H3,(H2,23,25)/t17-,18-/m1/s1. The van der Waals surface area contributed by atoms with Crippen LogP contribution in [-0.4, -0.2) is 43.5 Å². The molecule has 2 amide bonds. The van der Waals surface area contributed by atoms with Crippen molar-refractivity contribution in [2.75, 3.05) is 6.54 Å². The van der Waals surface area contributed by atoms with Gasteiger partial charge in [-0.25, -0.2) is 4.79 Å². The van der Waals surface area contributed by atoms with Crippen molar-refractivity contribution in [1.82, 2.24) is 4.90 Å². The summed E-state index contributed by atoms with van der Waals surface area (Å²) in [5, 5.41) is 0.0883. The number of amides is 2. The van der Waals surface area contributed by atoms with Crippen LogP contribution >= 0.6 is 0 Å². The minimum absolute atomic E-state index is 0.0516. The molecule has 6 nitrogen and oxygen atoms in total. The third kappa shape index (κ3) is 5.82. The molecule has 2 rings (SSSR count). The van der Waals surface area contributed by atoms with E-state index in [4.69, 9.17) is 14.9 Å². The van der Waals surface area contributed by atoms with E-state index in [1.165, 1.54) is 0 Å². The van der Waals surface area contributed by atoms with Crippen molar-refractivity contribution in [1.29, 1.82) is 0 Å². The number of carbonyl (C=O) groups is 2. The summed E-state index contributed by atoms with van der Waals surface area (Å²) >= 11 is 0. The van der Waals surface area contributed by atoms with Crippen molar-refractivity contribution in [3.05, 3.63) is 35.4 Å². The van der Waals surface area contributed by atoms with E-state index >= 15 is 0 Å². The first-order valence-corrected chi connectivity index (χ1v) is 13.1. The maximum absolute atomic E-state index is 12.9. The van der Waals surface area contributed by atoms with Gasteiger partial charge in [0, 0.05) is 12.1 Å². The average molecular weight is 421 g/mol. The van der Waals surface area contributed by atoms with Gasteiger partial charge in [0.25, 0.3) is 0 Å². The molecule has 0 aliphatic carbocycles. The number of primary amides is 1. The predicted octanol–water partition coefficient (Wildman–Crippen LogP) is 4.86. The highest BCUT2D eigenvalue weighted by atomic mass is 28.4. The van der Waals surface area contributed by atoms with Crippen molar-refractivity contribution in [3.8, 4) is 0 Å². The first-order chi connectivity index (χ1) is 13.1. The quantitative estimate of drug-likeness (QED) is 0.705. The largest absolute Gasteiger partial charge is 0.444 e. The van der Waals surface area contributed by atoms with Gasteiger partial charge in [-0.1, -0.05) is 32.9 Å². The number of hydrogen-bond acceptors (Lipinski definition) is 4. The van der Waals surface area contributed by atoms with Crippen LogP contribution in [0.3, 0.4) is 0 Å². The number of hydrogen-bond donors (Lipinski definition) is 1. The Kier molecular flexibility index (Phi) is 6.55. The Balaban J connectivity index is 2.29. The van der Waals surface area contributed by atoms with Gasteiger partial charge in [-0.05, 0) is 63.0 Å². The molecule has 0 aromatic heterocycles. The van der Waals surface area contributed by atoms with Crippen LogP contribution in [0.25, 0.3) is 0 Å². The highest BCUT2D eigenvalue weighted by Crippen LogP contribution is 2.41. The topological polar surface area (TPSA) is 81.9 Å². The zero-order valence-corrected chi connectivity index (χ0v) is 20.0. The molecule has 1 aromatic rings. The molecular formula is C22H36N2O4Si. The normalized spacial score (nSPS) is 20.6. The van der Waals surface area contributed by atoms with Gasteiger partial charge in [0.15, 0.2) is 8.32 Å². The molecule has 0 bridgehead atoms. The van der Waals surface area contributed by atoms with Crippen LogP contribution in [0.5, 0.6) is 0 Å². The average Bonchev–Trinajstić information content (AvgIpc) is 2.95. The Hall–Kier alpha value is -1.86. The van der Waals surface area contributed by atoms with E-state index in [-0.39, 0.29) is 23.3 Å². The zero-order valence-electron chi connectivity index (χ0n) is 19.0. The van der Waals surface area contributed by atoms with Crippen LogP contribution in [0.4, 0.5) is 4.79 Å². The van der Waals surface area contributed by atoms with Gasteiger partial charge < -0.3 is 14.9 Å². The SMILES string of the molecule is CC(C)(C)OC(=O)N1C[C@H](O[Si](C)(C)C(C)(C)C)C[C@@H]1c1ccc(C(N)=O)cc1. The second kappa shape index (κ2) is 8.11. The summed E-state index contributed by atoms with van der Waals surface area (Å²) in [5.41, 5.74) is 6.18. The highest BCUT2D eigenvalue weighted by Gasteiger charge is 2.44. The van der Waals surface area contributed by atoms with E-state index in [9.17, 15) is 9.59 Å². The Morgan fingerprint density at radius 3 is 2.07 bits per heavy atom. The second-order valence-corrected chi connectivity index (χ2v) is 15.1. The highest BCUT2D eigenvalue weighted by molar-refractivity contribution is 6.74. The molecule has 29 heavy (non-hydrogen) atoms. The fourth-order valence-corrected chi connectivity index (χ4v) is 4.54. The molecule has 1 saturated heterocycles. The molecule has 162 valence electrons. The molecule has 0 unspecified atom stereocenters. The molecule has 1 fully saturated rings. The molecule has 1 aliphatic heterocycles. The van der Waals surface area contributed by atoms with Crippen molar-refractivity contribution in [2.24, 2.45) is 5.73 Å². The van der Waals surface area contributed by atoms with Crippen LogP contribution < -0.4 is 5.73 Å². The second-order valence-electron chi connectivity index (χ2n) is 10.4. The fourth-order valence-electron chi connectivity index (χ4n) is 3.18. The van der Waals surface area contributed by atoms with Gasteiger partial charge in [-0.3, -0.25) is 9.69 Å². The minimum atomic E-state index is -1.98. The Morgan fingerprint density at radius 1 is 1.07 bits per heavy atom. The van der Waals surface area contributed by atoms with Gasteiger partial charge in [0.05, 0.1) is 12.1 Å². The summed E-state index contributed by atoms with van der Waals surface area (Å²) in [6.07, 6.45) is 0.300. The molecule has 0 spiro atoms. The number of likely N-dealkylation sites (tertiary alicyclic amines) is 1. The van der Waals surface area contributed by atoms with Crippen molar-refractivity contribution in [2.45, 2.75) is 83.8 Å². The van der Waals surface area contributed by atoms with E-state index in [0.29, 0.717) is 18.5 Å². The van der Waals surface area contributed by atoms with Crippen molar-refractivity contribution < 1.29 is 18.8 Å². The molecule has 2 N–H and O–H groups in total. The Labute approximate surface area is 175 Å². The van der Waals surface area contributed by atoms with Gasteiger partial charge in [-0.15, -0.1) is 0 Å². The van der Waals surface area contributed by atoms with Crippen LogP contribution in [0.1, 0.15) is 69.9 Å². The first kappa shape index (κ1) is 23.4. The zero-order chi connectivity index (χ0) is 22.2. The number of carbonyl (C=O) groups excluding carboxylic acids is 2. The molecule has 1 heterocycles. The summed E-state index contributed by atoms with van der Waals surface area (Å²) in [5.74, 6) is -0.467. The lowest BCUT2D eigenvalue weighted by molar-refractivity contribution is 0.0208.